The van der Waals surface area contributed by atoms with Crippen molar-refractivity contribution in [3.8, 4) is 0 Å². The van der Waals surface area contributed by atoms with Gasteiger partial charge in [0.25, 0.3) is 0 Å². The summed E-state index contributed by atoms with van der Waals surface area (Å²) in [5.74, 6) is 0. The van der Waals surface area contributed by atoms with Gasteiger partial charge in [-0.3, -0.25) is 0 Å². The minimum Gasteiger partial charge on any atom is -0.398 e. The highest BCUT2D eigenvalue weighted by Crippen LogP contribution is 2.17. The van der Waals surface area contributed by atoms with Gasteiger partial charge in [-0.15, -0.1) is 0 Å². The van der Waals surface area contributed by atoms with Gasteiger partial charge in [-0.25, -0.2) is 0 Å². The summed E-state index contributed by atoms with van der Waals surface area (Å²) in [6.45, 7) is 0. The highest BCUT2D eigenvalue weighted by molar-refractivity contribution is 6.39. The molecule has 0 saturated heterocycles. The Labute approximate surface area is 72.6 Å². The fourth-order valence-electron chi connectivity index (χ4n) is 1.35. The minimum absolute atomic E-state index is 0.778. The lowest BCUT2D eigenvalue weighted by atomic mass is 9.89. The Morgan fingerprint density at radius 3 is 2.25 bits per heavy atom. The topological polar surface area (TPSA) is 26.0 Å². The van der Waals surface area contributed by atoms with Gasteiger partial charge in [0.1, 0.15) is 7.85 Å². The summed E-state index contributed by atoms with van der Waals surface area (Å²) in [6, 6.07) is 11.5. The molecule has 56 valence electrons. The fraction of sp³-hybridized carbons (Fsp3) is 0. The molecule has 0 aliphatic carbocycles. The van der Waals surface area contributed by atoms with Crippen LogP contribution in [0.2, 0.25) is 0 Å². The number of benzene rings is 2. The smallest absolute Gasteiger partial charge is 0.114 e. The number of rotatable bonds is 0. The van der Waals surface area contributed by atoms with Crippen LogP contribution in [0.15, 0.2) is 36.4 Å². The lowest BCUT2D eigenvalue weighted by molar-refractivity contribution is 1.76. The lowest BCUT2D eigenvalue weighted by Gasteiger charge is -2.04. The molecule has 0 saturated carbocycles. The van der Waals surface area contributed by atoms with E-state index in [0.717, 1.165) is 21.9 Å². The Hall–Kier alpha value is -1.44. The van der Waals surface area contributed by atoms with Gasteiger partial charge in [0.2, 0.25) is 0 Å². The Balaban J connectivity index is 2.95. The van der Waals surface area contributed by atoms with Crippen LogP contribution in [0.4, 0.5) is 5.69 Å². The average molecular weight is 153 g/mol. The zero-order valence-corrected chi connectivity index (χ0v) is 6.62. The van der Waals surface area contributed by atoms with Gasteiger partial charge < -0.3 is 5.73 Å². The van der Waals surface area contributed by atoms with Crippen LogP contribution < -0.4 is 11.2 Å². The third-order valence-electron chi connectivity index (χ3n) is 1.99. The van der Waals surface area contributed by atoms with Crippen LogP contribution in [-0.4, -0.2) is 7.85 Å². The van der Waals surface area contributed by atoms with Crippen molar-refractivity contribution >= 4 is 29.8 Å². The van der Waals surface area contributed by atoms with Crippen molar-refractivity contribution in [2.75, 3.05) is 5.73 Å². The third-order valence-corrected chi connectivity index (χ3v) is 1.99. The molecule has 2 heteroatoms. The molecule has 2 aromatic carbocycles. The molecule has 0 spiro atoms. The number of hydrogen-bond donors (Lipinski definition) is 1. The van der Waals surface area contributed by atoms with E-state index in [0.29, 0.717) is 0 Å². The lowest BCUT2D eigenvalue weighted by Crippen LogP contribution is -2.04. The van der Waals surface area contributed by atoms with Gasteiger partial charge in [0, 0.05) is 11.1 Å². The molecule has 2 N–H and O–H groups in total. The van der Waals surface area contributed by atoms with Crippen molar-refractivity contribution in [2.24, 2.45) is 0 Å². The molecule has 0 aliphatic heterocycles. The molecule has 0 aromatic heterocycles. The molecule has 0 fully saturated rings. The number of anilines is 1. The van der Waals surface area contributed by atoms with Crippen LogP contribution in [0, 0.1) is 0 Å². The molecule has 12 heavy (non-hydrogen) atoms. The van der Waals surface area contributed by atoms with E-state index in [4.69, 9.17) is 13.6 Å². The summed E-state index contributed by atoms with van der Waals surface area (Å²) < 4.78 is 0. The quantitative estimate of drug-likeness (QED) is 0.446. The van der Waals surface area contributed by atoms with Crippen LogP contribution in [0.1, 0.15) is 0 Å². The zero-order chi connectivity index (χ0) is 8.55. The van der Waals surface area contributed by atoms with Crippen LogP contribution in [0.3, 0.4) is 0 Å². The molecular formula is C10H8BN. The van der Waals surface area contributed by atoms with E-state index in [1.165, 1.54) is 0 Å². The van der Waals surface area contributed by atoms with Crippen molar-refractivity contribution < 1.29 is 0 Å². The van der Waals surface area contributed by atoms with Gasteiger partial charge in [0.15, 0.2) is 0 Å². The van der Waals surface area contributed by atoms with Gasteiger partial charge >= 0.3 is 0 Å². The van der Waals surface area contributed by atoms with E-state index in [-0.39, 0.29) is 0 Å². The molecule has 2 rings (SSSR count). The van der Waals surface area contributed by atoms with Gasteiger partial charge in [0.05, 0.1) is 0 Å². The molecule has 2 aromatic rings. The first kappa shape index (κ1) is 7.23. The van der Waals surface area contributed by atoms with E-state index in [9.17, 15) is 0 Å². The Kier molecular flexibility index (Phi) is 1.54. The Bertz CT molecular complexity index is 383. The molecule has 2 radical (unpaired) electrons. The molecule has 0 atom stereocenters. The SMILES string of the molecule is [B]c1ccc(N)c2ccccc12. The van der Waals surface area contributed by atoms with E-state index in [2.05, 4.69) is 0 Å². The van der Waals surface area contributed by atoms with E-state index >= 15 is 0 Å². The second kappa shape index (κ2) is 2.56. The molecule has 0 unspecified atom stereocenters. The first-order valence-corrected chi connectivity index (χ1v) is 3.82. The maximum absolute atomic E-state index is 5.77. The summed E-state index contributed by atoms with van der Waals surface area (Å²) in [4.78, 5) is 0. The summed E-state index contributed by atoms with van der Waals surface area (Å²) >= 11 is 0. The summed E-state index contributed by atoms with van der Waals surface area (Å²) in [5, 5.41) is 2.05. The van der Waals surface area contributed by atoms with Crippen molar-refractivity contribution in [3.05, 3.63) is 36.4 Å². The monoisotopic (exact) mass is 153 g/mol. The number of fused-ring (bicyclic) bond motifs is 1. The van der Waals surface area contributed by atoms with Crippen molar-refractivity contribution in [3.63, 3.8) is 0 Å². The van der Waals surface area contributed by atoms with Gasteiger partial charge in [-0.05, 0) is 11.5 Å². The summed E-state index contributed by atoms with van der Waals surface area (Å²) in [6.07, 6.45) is 0. The molecule has 0 bridgehead atoms. The first-order chi connectivity index (χ1) is 5.79. The van der Waals surface area contributed by atoms with Crippen molar-refractivity contribution in [2.45, 2.75) is 0 Å². The number of nitrogen functional groups attached to an aromatic ring is 1. The number of hydrogen-bond acceptors (Lipinski definition) is 1. The standard InChI is InChI=1S/C10H8BN/c11-9-5-6-10(12)8-4-2-1-3-7(8)9/h1-6H,12H2. The predicted molar refractivity (Wildman–Crippen MR) is 53.7 cm³/mol. The maximum atomic E-state index is 5.77. The first-order valence-electron chi connectivity index (χ1n) is 3.82. The van der Waals surface area contributed by atoms with Crippen molar-refractivity contribution in [1.29, 1.82) is 0 Å². The second-order valence-electron chi connectivity index (χ2n) is 2.79. The molecular weight excluding hydrogens is 145 g/mol. The molecule has 0 amide bonds. The fourth-order valence-corrected chi connectivity index (χ4v) is 1.35. The normalized spacial score (nSPS) is 10.3. The van der Waals surface area contributed by atoms with Crippen LogP contribution >= 0.6 is 0 Å². The average Bonchev–Trinajstić information content (AvgIpc) is 2.12. The highest BCUT2D eigenvalue weighted by Gasteiger charge is 1.97. The highest BCUT2D eigenvalue weighted by atomic mass is 14.5. The minimum atomic E-state index is 0.778. The zero-order valence-electron chi connectivity index (χ0n) is 6.62. The number of nitrogens with two attached hydrogens (primary N) is 1. The Morgan fingerprint density at radius 2 is 1.58 bits per heavy atom. The van der Waals surface area contributed by atoms with Crippen molar-refractivity contribution in [1.82, 2.24) is 0 Å². The largest absolute Gasteiger partial charge is 0.398 e. The van der Waals surface area contributed by atoms with Crippen LogP contribution in [0.5, 0.6) is 0 Å². The maximum Gasteiger partial charge on any atom is 0.114 e. The third kappa shape index (κ3) is 0.963. The Morgan fingerprint density at radius 1 is 0.917 bits per heavy atom. The van der Waals surface area contributed by atoms with Crippen LogP contribution in [0.25, 0.3) is 10.8 Å². The molecule has 0 heterocycles. The second-order valence-corrected chi connectivity index (χ2v) is 2.79. The van der Waals surface area contributed by atoms with E-state index in [1.54, 1.807) is 0 Å². The van der Waals surface area contributed by atoms with Gasteiger partial charge in [-0.1, -0.05) is 35.8 Å². The molecule has 1 nitrogen and oxygen atoms in total. The van der Waals surface area contributed by atoms with Crippen LogP contribution in [-0.2, 0) is 0 Å². The summed E-state index contributed by atoms with van der Waals surface area (Å²) in [5.41, 5.74) is 7.32. The van der Waals surface area contributed by atoms with Gasteiger partial charge in [-0.2, -0.15) is 0 Å². The molecule has 0 aliphatic rings. The predicted octanol–water partition coefficient (Wildman–Crippen LogP) is 1.22. The van der Waals surface area contributed by atoms with E-state index in [1.807, 2.05) is 36.4 Å². The van der Waals surface area contributed by atoms with E-state index < -0.39 is 0 Å². The summed E-state index contributed by atoms with van der Waals surface area (Å²) in [7, 11) is 5.77.